The number of hydrogen-bond acceptors (Lipinski definition) is 1. The number of aliphatic imine (C=N–C) groups is 1. The third-order valence-corrected chi connectivity index (χ3v) is 3.32. The molecule has 0 saturated heterocycles. The van der Waals surface area contributed by atoms with Crippen molar-refractivity contribution in [2.24, 2.45) is 4.99 Å². The fraction of sp³-hybridized carbons (Fsp3) is 0.188. The van der Waals surface area contributed by atoms with Gasteiger partial charge in [0, 0.05) is 18.2 Å². The molecule has 2 aromatic carbocycles. The van der Waals surface area contributed by atoms with Crippen LogP contribution in [0.1, 0.15) is 23.5 Å². The van der Waals surface area contributed by atoms with Crippen molar-refractivity contribution >= 4 is 5.71 Å². The molecule has 84 valence electrons. The minimum absolute atomic E-state index is 0.561. The zero-order valence-corrected chi connectivity index (χ0v) is 9.71. The fourth-order valence-electron chi connectivity index (χ4n) is 2.37. The van der Waals surface area contributed by atoms with Crippen LogP contribution in [-0.4, -0.2) is 12.3 Å². The van der Waals surface area contributed by atoms with Gasteiger partial charge in [-0.15, -0.1) is 0 Å². The maximum Gasteiger partial charge on any atom is 0.0465 e. The van der Waals surface area contributed by atoms with E-state index in [1.54, 1.807) is 0 Å². The van der Waals surface area contributed by atoms with E-state index in [0.29, 0.717) is 5.92 Å². The Hall–Kier alpha value is -1.89. The summed E-state index contributed by atoms with van der Waals surface area (Å²) >= 11 is 0. The Balaban J connectivity index is 1.78. The molecule has 0 radical (unpaired) electrons. The molecule has 1 heterocycles. The first kappa shape index (κ1) is 10.3. The van der Waals surface area contributed by atoms with Crippen molar-refractivity contribution in [3.63, 3.8) is 0 Å². The van der Waals surface area contributed by atoms with Gasteiger partial charge in [0.05, 0.1) is 0 Å². The second-order valence-corrected chi connectivity index (χ2v) is 4.47. The molecular formula is C16H15N. The summed E-state index contributed by atoms with van der Waals surface area (Å²) in [5, 5.41) is 0. The fourth-order valence-corrected chi connectivity index (χ4v) is 2.37. The normalized spacial score (nSPS) is 19.1. The summed E-state index contributed by atoms with van der Waals surface area (Å²) in [6.45, 7) is 0.925. The van der Waals surface area contributed by atoms with Gasteiger partial charge in [-0.05, 0) is 17.5 Å². The van der Waals surface area contributed by atoms with E-state index in [4.69, 9.17) is 0 Å². The first-order valence-electron chi connectivity index (χ1n) is 6.07. The summed E-state index contributed by atoms with van der Waals surface area (Å²) in [5.74, 6) is 0.561. The molecule has 17 heavy (non-hydrogen) atoms. The minimum atomic E-state index is 0.561. The largest absolute Gasteiger partial charge is 0.288 e. The SMILES string of the molecule is c1ccc(C2=NC[C@@H](c3ccccc3)C2)cc1. The molecule has 2 aromatic rings. The van der Waals surface area contributed by atoms with Crippen LogP contribution in [0.5, 0.6) is 0 Å². The summed E-state index contributed by atoms with van der Waals surface area (Å²) < 4.78 is 0. The average molecular weight is 221 g/mol. The van der Waals surface area contributed by atoms with Gasteiger partial charge in [-0.25, -0.2) is 0 Å². The highest BCUT2D eigenvalue weighted by Crippen LogP contribution is 2.27. The van der Waals surface area contributed by atoms with E-state index >= 15 is 0 Å². The lowest BCUT2D eigenvalue weighted by Gasteiger charge is -2.08. The molecule has 0 saturated carbocycles. The van der Waals surface area contributed by atoms with Crippen molar-refractivity contribution in [1.29, 1.82) is 0 Å². The Morgan fingerprint density at radius 3 is 2.18 bits per heavy atom. The Kier molecular flexibility index (Phi) is 2.74. The van der Waals surface area contributed by atoms with E-state index < -0.39 is 0 Å². The van der Waals surface area contributed by atoms with Gasteiger partial charge < -0.3 is 0 Å². The predicted molar refractivity (Wildman–Crippen MR) is 71.6 cm³/mol. The molecule has 0 fully saturated rings. The van der Waals surface area contributed by atoms with E-state index in [1.807, 2.05) is 6.07 Å². The molecule has 0 N–H and O–H groups in total. The molecule has 1 aliphatic rings. The standard InChI is InChI=1S/C16H15N/c1-3-7-13(8-4-1)15-11-16(17-12-15)14-9-5-2-6-10-14/h1-10,15H,11-12H2/t15-/m0/s1. The third-order valence-electron chi connectivity index (χ3n) is 3.32. The molecule has 0 unspecified atom stereocenters. The quantitative estimate of drug-likeness (QED) is 0.733. The molecule has 0 bridgehead atoms. The Morgan fingerprint density at radius 2 is 1.47 bits per heavy atom. The van der Waals surface area contributed by atoms with Gasteiger partial charge in [-0.1, -0.05) is 60.7 Å². The lowest BCUT2D eigenvalue weighted by Crippen LogP contribution is -2.01. The number of nitrogens with zero attached hydrogens (tertiary/aromatic N) is 1. The number of rotatable bonds is 2. The summed E-state index contributed by atoms with van der Waals surface area (Å²) in [7, 11) is 0. The van der Waals surface area contributed by atoms with Gasteiger partial charge in [0.25, 0.3) is 0 Å². The second kappa shape index (κ2) is 4.54. The Bertz CT molecular complexity index is 514. The van der Waals surface area contributed by atoms with Crippen LogP contribution >= 0.6 is 0 Å². The zero-order valence-electron chi connectivity index (χ0n) is 9.71. The molecule has 0 amide bonds. The predicted octanol–water partition coefficient (Wildman–Crippen LogP) is 3.66. The van der Waals surface area contributed by atoms with Gasteiger partial charge in [-0.2, -0.15) is 0 Å². The van der Waals surface area contributed by atoms with Crippen LogP contribution in [0.25, 0.3) is 0 Å². The maximum absolute atomic E-state index is 4.68. The van der Waals surface area contributed by atoms with Crippen molar-refractivity contribution in [3.8, 4) is 0 Å². The molecule has 1 aliphatic heterocycles. The summed E-state index contributed by atoms with van der Waals surface area (Å²) in [6.07, 6.45) is 1.06. The van der Waals surface area contributed by atoms with E-state index in [2.05, 4.69) is 59.6 Å². The summed E-state index contributed by atoms with van der Waals surface area (Å²) in [5.41, 5.74) is 3.92. The first-order valence-corrected chi connectivity index (χ1v) is 6.07. The molecule has 3 rings (SSSR count). The van der Waals surface area contributed by atoms with E-state index in [0.717, 1.165) is 13.0 Å². The van der Waals surface area contributed by atoms with Crippen molar-refractivity contribution in [2.45, 2.75) is 12.3 Å². The maximum atomic E-state index is 4.68. The number of hydrogen-bond donors (Lipinski definition) is 0. The van der Waals surface area contributed by atoms with Crippen molar-refractivity contribution in [2.75, 3.05) is 6.54 Å². The van der Waals surface area contributed by atoms with Crippen LogP contribution in [0.3, 0.4) is 0 Å². The van der Waals surface area contributed by atoms with Gasteiger partial charge in [0.2, 0.25) is 0 Å². The minimum Gasteiger partial charge on any atom is -0.288 e. The monoisotopic (exact) mass is 221 g/mol. The summed E-state index contributed by atoms with van der Waals surface area (Å²) in [6, 6.07) is 21.2. The zero-order chi connectivity index (χ0) is 11.5. The molecular weight excluding hydrogens is 206 g/mol. The van der Waals surface area contributed by atoms with Gasteiger partial charge >= 0.3 is 0 Å². The van der Waals surface area contributed by atoms with Crippen molar-refractivity contribution in [3.05, 3.63) is 71.8 Å². The molecule has 1 atom stereocenters. The highest BCUT2D eigenvalue weighted by molar-refractivity contribution is 6.02. The Labute approximate surface area is 102 Å². The highest BCUT2D eigenvalue weighted by Gasteiger charge is 2.20. The van der Waals surface area contributed by atoms with Crippen LogP contribution in [-0.2, 0) is 0 Å². The lowest BCUT2D eigenvalue weighted by molar-refractivity contribution is 0.779. The van der Waals surface area contributed by atoms with E-state index in [1.165, 1.54) is 16.8 Å². The van der Waals surface area contributed by atoms with Crippen LogP contribution < -0.4 is 0 Å². The number of benzene rings is 2. The topological polar surface area (TPSA) is 12.4 Å². The average Bonchev–Trinajstić information content (AvgIpc) is 2.90. The van der Waals surface area contributed by atoms with Crippen LogP contribution in [0.15, 0.2) is 65.7 Å². The van der Waals surface area contributed by atoms with Crippen LogP contribution in [0, 0.1) is 0 Å². The lowest BCUT2D eigenvalue weighted by atomic mass is 9.94. The van der Waals surface area contributed by atoms with Crippen molar-refractivity contribution < 1.29 is 0 Å². The smallest absolute Gasteiger partial charge is 0.0465 e. The van der Waals surface area contributed by atoms with Crippen LogP contribution in [0.2, 0.25) is 0 Å². The third kappa shape index (κ3) is 2.14. The van der Waals surface area contributed by atoms with Gasteiger partial charge in [0.15, 0.2) is 0 Å². The molecule has 0 spiro atoms. The van der Waals surface area contributed by atoms with E-state index in [-0.39, 0.29) is 0 Å². The Morgan fingerprint density at radius 1 is 0.824 bits per heavy atom. The van der Waals surface area contributed by atoms with Crippen molar-refractivity contribution in [1.82, 2.24) is 0 Å². The van der Waals surface area contributed by atoms with Gasteiger partial charge in [-0.3, -0.25) is 4.99 Å². The van der Waals surface area contributed by atoms with Gasteiger partial charge in [0.1, 0.15) is 0 Å². The molecule has 1 heteroatoms. The molecule has 1 nitrogen and oxygen atoms in total. The molecule has 0 aromatic heterocycles. The highest BCUT2D eigenvalue weighted by atomic mass is 14.8. The van der Waals surface area contributed by atoms with E-state index in [9.17, 15) is 0 Å². The van der Waals surface area contributed by atoms with Crippen LogP contribution in [0.4, 0.5) is 0 Å². The summed E-state index contributed by atoms with van der Waals surface area (Å²) in [4.78, 5) is 4.68. The first-order chi connectivity index (χ1) is 8.43. The molecule has 0 aliphatic carbocycles. The second-order valence-electron chi connectivity index (χ2n) is 4.47.